The van der Waals surface area contributed by atoms with Crippen molar-refractivity contribution >= 4 is 11.6 Å². The smallest absolute Gasteiger partial charge is 0.138 e. The highest BCUT2D eigenvalue weighted by atomic mass is 35.5. The first-order valence-corrected chi connectivity index (χ1v) is 6.86. The highest BCUT2D eigenvalue weighted by Gasteiger charge is 2.02. The summed E-state index contributed by atoms with van der Waals surface area (Å²) < 4.78 is 5.55. The Kier molecular flexibility index (Phi) is 12.9. The lowest BCUT2D eigenvalue weighted by Gasteiger charge is -2.10. The second-order valence-electron chi connectivity index (χ2n) is 3.64. The molecule has 0 bridgehead atoms. The maximum absolute atomic E-state index is 5.95. The minimum atomic E-state index is 0.525. The average Bonchev–Trinajstić information content (AvgIpc) is 2.35. The van der Waals surface area contributed by atoms with Gasteiger partial charge in [0.05, 0.1) is 11.6 Å². The normalized spacial score (nSPS) is 8.76. The molecular weight excluding hydrogens is 232 g/mol. The molecule has 1 aromatic carbocycles. The predicted molar refractivity (Wildman–Crippen MR) is 79.2 cm³/mol. The van der Waals surface area contributed by atoms with Crippen LogP contribution in [0.5, 0.6) is 5.75 Å². The number of halogens is 1. The number of aryl methyl sites for hydroxylation is 1. The highest BCUT2D eigenvalue weighted by molar-refractivity contribution is 6.32. The van der Waals surface area contributed by atoms with E-state index in [0.29, 0.717) is 17.5 Å². The molecule has 0 fully saturated rings. The third kappa shape index (κ3) is 9.05. The zero-order valence-corrected chi connectivity index (χ0v) is 13.1. The third-order valence-electron chi connectivity index (χ3n) is 1.66. The summed E-state index contributed by atoms with van der Waals surface area (Å²) in [5, 5.41) is 0.686. The molecule has 0 unspecified atom stereocenters. The second-order valence-corrected chi connectivity index (χ2v) is 4.05. The van der Waals surface area contributed by atoms with E-state index in [1.807, 2.05) is 52.8 Å². The summed E-state index contributed by atoms with van der Waals surface area (Å²) in [5.41, 5.74) is 1.17. The molecular formula is C15H27ClO. The standard InChI is InChI=1S/C11H15ClO.2C2H6/c1-8(2)7-13-11-6-9(3)4-5-10(11)12;2*1-2/h4-6,8H,7H2,1-3H3;2*1-2H3. The van der Waals surface area contributed by atoms with E-state index >= 15 is 0 Å². The molecule has 2 heteroatoms. The minimum absolute atomic E-state index is 0.525. The van der Waals surface area contributed by atoms with Crippen molar-refractivity contribution < 1.29 is 4.74 Å². The average molecular weight is 259 g/mol. The Bertz CT molecular complexity index is 282. The van der Waals surface area contributed by atoms with Crippen molar-refractivity contribution in [3.63, 3.8) is 0 Å². The van der Waals surface area contributed by atoms with Crippen molar-refractivity contribution in [1.29, 1.82) is 0 Å². The molecule has 0 N–H and O–H groups in total. The molecule has 0 aromatic heterocycles. The Morgan fingerprint density at radius 1 is 1.12 bits per heavy atom. The molecule has 0 spiro atoms. The Hall–Kier alpha value is -0.690. The molecule has 0 amide bonds. The zero-order chi connectivity index (χ0) is 13.8. The molecule has 0 atom stereocenters. The summed E-state index contributed by atoms with van der Waals surface area (Å²) in [6.07, 6.45) is 0. The van der Waals surface area contributed by atoms with Gasteiger partial charge in [0.15, 0.2) is 0 Å². The van der Waals surface area contributed by atoms with Gasteiger partial charge in [-0.15, -0.1) is 0 Å². The van der Waals surface area contributed by atoms with E-state index < -0.39 is 0 Å². The lowest BCUT2D eigenvalue weighted by molar-refractivity contribution is 0.271. The highest BCUT2D eigenvalue weighted by Crippen LogP contribution is 2.25. The second kappa shape index (κ2) is 11.8. The SMILES string of the molecule is CC.CC.Cc1ccc(Cl)c(OCC(C)C)c1. The van der Waals surface area contributed by atoms with E-state index in [9.17, 15) is 0 Å². The quantitative estimate of drug-likeness (QED) is 0.672. The summed E-state index contributed by atoms with van der Waals surface area (Å²) in [5.74, 6) is 1.31. The minimum Gasteiger partial charge on any atom is -0.492 e. The van der Waals surface area contributed by atoms with Crippen LogP contribution in [0.2, 0.25) is 5.02 Å². The maximum atomic E-state index is 5.95. The Labute approximate surface area is 112 Å². The van der Waals surface area contributed by atoms with Gasteiger partial charge < -0.3 is 4.74 Å². The number of benzene rings is 1. The molecule has 1 nitrogen and oxygen atoms in total. The van der Waals surface area contributed by atoms with Crippen LogP contribution in [0, 0.1) is 12.8 Å². The van der Waals surface area contributed by atoms with Crippen LogP contribution in [0.15, 0.2) is 18.2 Å². The third-order valence-corrected chi connectivity index (χ3v) is 1.97. The van der Waals surface area contributed by atoms with E-state index in [2.05, 4.69) is 13.8 Å². The lowest BCUT2D eigenvalue weighted by Crippen LogP contribution is -2.04. The molecule has 1 rings (SSSR count). The fourth-order valence-electron chi connectivity index (χ4n) is 0.978. The Balaban J connectivity index is 0. The number of hydrogen-bond donors (Lipinski definition) is 0. The van der Waals surface area contributed by atoms with Crippen molar-refractivity contribution in [2.75, 3.05) is 6.61 Å². The van der Waals surface area contributed by atoms with Crippen molar-refractivity contribution in [1.82, 2.24) is 0 Å². The van der Waals surface area contributed by atoms with Crippen LogP contribution in [0.3, 0.4) is 0 Å². The largest absolute Gasteiger partial charge is 0.492 e. The van der Waals surface area contributed by atoms with Gasteiger partial charge in [0.2, 0.25) is 0 Å². The summed E-state index contributed by atoms with van der Waals surface area (Å²) in [6.45, 7) is 15.0. The first kappa shape index (κ1) is 18.7. The van der Waals surface area contributed by atoms with Gasteiger partial charge in [0, 0.05) is 0 Å². The zero-order valence-electron chi connectivity index (χ0n) is 12.3. The maximum Gasteiger partial charge on any atom is 0.138 e. The van der Waals surface area contributed by atoms with Crippen LogP contribution in [0.1, 0.15) is 47.1 Å². The van der Waals surface area contributed by atoms with Gasteiger partial charge >= 0.3 is 0 Å². The van der Waals surface area contributed by atoms with Gasteiger partial charge in [-0.05, 0) is 30.5 Å². The van der Waals surface area contributed by atoms with Gasteiger partial charge in [-0.3, -0.25) is 0 Å². The van der Waals surface area contributed by atoms with E-state index in [4.69, 9.17) is 16.3 Å². The van der Waals surface area contributed by atoms with E-state index in [1.165, 1.54) is 5.56 Å². The molecule has 0 saturated heterocycles. The van der Waals surface area contributed by atoms with Crippen LogP contribution < -0.4 is 4.74 Å². The van der Waals surface area contributed by atoms with Crippen molar-refractivity contribution in [2.24, 2.45) is 5.92 Å². The van der Waals surface area contributed by atoms with Crippen LogP contribution >= 0.6 is 11.6 Å². The van der Waals surface area contributed by atoms with Crippen LogP contribution in [-0.4, -0.2) is 6.61 Å². The molecule has 0 aliphatic heterocycles. The molecule has 0 saturated carbocycles. The molecule has 0 aliphatic rings. The number of rotatable bonds is 3. The van der Waals surface area contributed by atoms with Crippen molar-refractivity contribution in [3.05, 3.63) is 28.8 Å². The van der Waals surface area contributed by atoms with Crippen LogP contribution in [-0.2, 0) is 0 Å². The Morgan fingerprint density at radius 2 is 1.65 bits per heavy atom. The van der Waals surface area contributed by atoms with Crippen LogP contribution in [0.4, 0.5) is 0 Å². The summed E-state index contributed by atoms with van der Waals surface area (Å²) in [7, 11) is 0. The van der Waals surface area contributed by atoms with E-state index in [-0.39, 0.29) is 0 Å². The van der Waals surface area contributed by atoms with Crippen molar-refractivity contribution in [3.8, 4) is 5.75 Å². The lowest BCUT2D eigenvalue weighted by atomic mass is 10.2. The first-order chi connectivity index (χ1) is 8.09. The molecule has 17 heavy (non-hydrogen) atoms. The molecule has 0 aliphatic carbocycles. The first-order valence-electron chi connectivity index (χ1n) is 6.48. The fraction of sp³-hybridized carbons (Fsp3) is 0.600. The summed E-state index contributed by atoms with van der Waals surface area (Å²) in [4.78, 5) is 0. The van der Waals surface area contributed by atoms with Gasteiger partial charge in [-0.2, -0.15) is 0 Å². The molecule has 100 valence electrons. The predicted octanol–water partition coefficient (Wildman–Crippen LogP) is 5.74. The fourth-order valence-corrected chi connectivity index (χ4v) is 1.15. The summed E-state index contributed by atoms with van der Waals surface area (Å²) in [6, 6.07) is 5.81. The monoisotopic (exact) mass is 258 g/mol. The van der Waals surface area contributed by atoms with Crippen LogP contribution in [0.25, 0.3) is 0 Å². The topological polar surface area (TPSA) is 9.23 Å². The molecule has 0 heterocycles. The van der Waals surface area contributed by atoms with E-state index in [1.54, 1.807) is 0 Å². The van der Waals surface area contributed by atoms with Gasteiger partial charge in [0.25, 0.3) is 0 Å². The molecule has 1 aromatic rings. The van der Waals surface area contributed by atoms with Crippen molar-refractivity contribution in [2.45, 2.75) is 48.5 Å². The Morgan fingerprint density at radius 3 is 2.12 bits per heavy atom. The van der Waals surface area contributed by atoms with Gasteiger partial charge in [-0.25, -0.2) is 0 Å². The number of hydrogen-bond acceptors (Lipinski definition) is 1. The van der Waals surface area contributed by atoms with Gasteiger partial charge in [0.1, 0.15) is 5.75 Å². The molecule has 0 radical (unpaired) electrons. The summed E-state index contributed by atoms with van der Waals surface area (Å²) >= 11 is 5.95. The van der Waals surface area contributed by atoms with Gasteiger partial charge in [-0.1, -0.05) is 59.2 Å². The van der Waals surface area contributed by atoms with E-state index in [0.717, 1.165) is 5.75 Å². The number of ether oxygens (including phenoxy) is 1.